The van der Waals surface area contributed by atoms with Crippen molar-refractivity contribution in [2.75, 3.05) is 0 Å². The van der Waals surface area contributed by atoms with Gasteiger partial charge in [-0.1, -0.05) is 28.1 Å². The van der Waals surface area contributed by atoms with E-state index in [0.717, 1.165) is 10.0 Å². The summed E-state index contributed by atoms with van der Waals surface area (Å²) in [4.78, 5) is 0. The van der Waals surface area contributed by atoms with Gasteiger partial charge in [0, 0.05) is 4.47 Å². The lowest BCUT2D eigenvalue weighted by molar-refractivity contribution is -0.117. The maximum absolute atomic E-state index is 5.35. The summed E-state index contributed by atoms with van der Waals surface area (Å²) in [6.07, 6.45) is 0.646. The van der Waals surface area contributed by atoms with Gasteiger partial charge in [0.15, 0.2) is 0 Å². The minimum Gasteiger partial charge on any atom is -0.291 e. The zero-order valence-corrected chi connectivity index (χ0v) is 7.64. The molecule has 0 bridgehead atoms. The molecule has 0 fully saturated rings. The standard InChI is InChI=1S/C8H9BrN2/c9-7-3-1-6(2-4-7)5-8(10)11/h1-4H,5H2,(H3,10,11)/p+1. The van der Waals surface area contributed by atoms with Crippen molar-refractivity contribution in [2.24, 2.45) is 5.73 Å². The third kappa shape index (κ3) is 2.72. The Kier molecular flexibility index (Phi) is 2.65. The Hall–Kier alpha value is -0.830. The Bertz CT molecular complexity index is 253. The molecule has 0 amide bonds. The van der Waals surface area contributed by atoms with Crippen LogP contribution in [-0.2, 0) is 6.42 Å². The van der Waals surface area contributed by atoms with Crippen LogP contribution in [0.5, 0.6) is 0 Å². The summed E-state index contributed by atoms with van der Waals surface area (Å²) in [5.74, 6) is 0.451. The molecule has 0 atom stereocenters. The van der Waals surface area contributed by atoms with Gasteiger partial charge in [-0.05, 0) is 17.7 Å². The van der Waals surface area contributed by atoms with Crippen LogP contribution in [0.3, 0.4) is 0 Å². The fourth-order valence-electron chi connectivity index (χ4n) is 0.838. The maximum Gasteiger partial charge on any atom is 0.242 e. The van der Waals surface area contributed by atoms with Crippen molar-refractivity contribution in [2.45, 2.75) is 6.42 Å². The van der Waals surface area contributed by atoms with Crippen molar-refractivity contribution in [1.29, 1.82) is 0 Å². The number of benzene rings is 1. The highest BCUT2D eigenvalue weighted by Crippen LogP contribution is 2.10. The van der Waals surface area contributed by atoms with Gasteiger partial charge in [-0.3, -0.25) is 11.1 Å². The summed E-state index contributed by atoms with van der Waals surface area (Å²) in [6, 6.07) is 7.92. The predicted octanol–water partition coefficient (Wildman–Crippen LogP) is 0.108. The highest BCUT2D eigenvalue weighted by molar-refractivity contribution is 9.10. The van der Waals surface area contributed by atoms with Gasteiger partial charge < -0.3 is 0 Å². The van der Waals surface area contributed by atoms with Crippen LogP contribution in [0.25, 0.3) is 0 Å². The second kappa shape index (κ2) is 3.53. The Balaban J connectivity index is 2.74. The number of hydrogen-bond acceptors (Lipinski definition) is 0. The molecule has 1 aromatic rings. The summed E-state index contributed by atoms with van der Waals surface area (Å²) in [6.45, 7) is 0. The number of amidine groups is 1. The third-order valence-electron chi connectivity index (χ3n) is 1.32. The van der Waals surface area contributed by atoms with Crippen LogP contribution in [0.1, 0.15) is 5.56 Å². The molecule has 0 aliphatic carbocycles. The number of rotatable bonds is 2. The van der Waals surface area contributed by atoms with Crippen molar-refractivity contribution in [3.63, 3.8) is 0 Å². The van der Waals surface area contributed by atoms with Crippen LogP contribution in [-0.4, -0.2) is 5.84 Å². The summed E-state index contributed by atoms with van der Waals surface area (Å²) < 4.78 is 1.07. The first-order valence-electron chi connectivity index (χ1n) is 3.29. The van der Waals surface area contributed by atoms with E-state index >= 15 is 0 Å². The molecule has 58 valence electrons. The molecule has 0 saturated carbocycles. The number of nitrogens with two attached hydrogens (primary N) is 2. The van der Waals surface area contributed by atoms with Crippen molar-refractivity contribution in [3.8, 4) is 0 Å². The van der Waals surface area contributed by atoms with Crippen LogP contribution in [0.2, 0.25) is 0 Å². The normalized spacial score (nSPS) is 9.55. The average molecular weight is 214 g/mol. The molecule has 0 aromatic heterocycles. The van der Waals surface area contributed by atoms with E-state index in [4.69, 9.17) is 11.1 Å². The highest BCUT2D eigenvalue weighted by atomic mass is 79.9. The molecule has 0 heterocycles. The van der Waals surface area contributed by atoms with E-state index in [1.54, 1.807) is 0 Å². The molecule has 1 rings (SSSR count). The molecule has 0 spiro atoms. The quantitative estimate of drug-likeness (QED) is 0.532. The summed E-state index contributed by atoms with van der Waals surface area (Å²) in [7, 11) is 0. The van der Waals surface area contributed by atoms with E-state index in [9.17, 15) is 0 Å². The van der Waals surface area contributed by atoms with Crippen molar-refractivity contribution in [1.82, 2.24) is 0 Å². The largest absolute Gasteiger partial charge is 0.291 e. The molecule has 0 aliphatic rings. The molecule has 0 aliphatic heterocycles. The monoisotopic (exact) mass is 213 g/mol. The fourth-order valence-corrected chi connectivity index (χ4v) is 1.10. The number of halogens is 1. The zero-order valence-electron chi connectivity index (χ0n) is 6.05. The van der Waals surface area contributed by atoms with E-state index in [0.29, 0.717) is 12.3 Å². The van der Waals surface area contributed by atoms with Crippen molar-refractivity contribution >= 4 is 21.8 Å². The lowest BCUT2D eigenvalue weighted by Crippen LogP contribution is -2.46. The molecule has 0 saturated heterocycles. The first-order chi connectivity index (χ1) is 5.18. The van der Waals surface area contributed by atoms with E-state index in [2.05, 4.69) is 15.9 Å². The van der Waals surface area contributed by atoms with E-state index in [1.165, 1.54) is 0 Å². The van der Waals surface area contributed by atoms with Gasteiger partial charge in [0.25, 0.3) is 0 Å². The Morgan fingerprint density at radius 3 is 2.36 bits per heavy atom. The third-order valence-corrected chi connectivity index (χ3v) is 1.85. The SMILES string of the molecule is NC(=[NH2+])Cc1ccc(Br)cc1. The molecule has 1 aromatic carbocycles. The maximum atomic E-state index is 5.35. The van der Waals surface area contributed by atoms with Gasteiger partial charge in [-0.2, -0.15) is 0 Å². The summed E-state index contributed by atoms with van der Waals surface area (Å²) in [5.41, 5.74) is 6.48. The zero-order chi connectivity index (χ0) is 8.27. The second-order valence-corrected chi connectivity index (χ2v) is 3.29. The Morgan fingerprint density at radius 2 is 1.91 bits per heavy atom. The Morgan fingerprint density at radius 1 is 1.36 bits per heavy atom. The molecule has 0 radical (unpaired) electrons. The van der Waals surface area contributed by atoms with E-state index in [1.807, 2.05) is 24.3 Å². The van der Waals surface area contributed by atoms with Gasteiger partial charge in [0.1, 0.15) is 0 Å². The van der Waals surface area contributed by atoms with Gasteiger partial charge in [-0.25, -0.2) is 0 Å². The van der Waals surface area contributed by atoms with Crippen LogP contribution in [0, 0.1) is 0 Å². The average Bonchev–Trinajstić information content (AvgIpc) is 1.93. The smallest absolute Gasteiger partial charge is 0.242 e. The minimum atomic E-state index is 0.451. The molecular weight excluding hydrogens is 204 g/mol. The van der Waals surface area contributed by atoms with Crippen LogP contribution >= 0.6 is 15.9 Å². The van der Waals surface area contributed by atoms with Crippen LogP contribution in [0.4, 0.5) is 0 Å². The van der Waals surface area contributed by atoms with Gasteiger partial charge >= 0.3 is 0 Å². The lowest BCUT2D eigenvalue weighted by Gasteiger charge is -1.95. The molecule has 0 unspecified atom stereocenters. The predicted molar refractivity (Wildman–Crippen MR) is 49.0 cm³/mol. The molecular formula is C8H10BrN2+. The molecule has 2 nitrogen and oxygen atoms in total. The van der Waals surface area contributed by atoms with Crippen LogP contribution < -0.4 is 11.1 Å². The van der Waals surface area contributed by atoms with Crippen LogP contribution in [0.15, 0.2) is 28.7 Å². The molecule has 4 N–H and O–H groups in total. The van der Waals surface area contributed by atoms with Crippen molar-refractivity contribution < 1.29 is 5.41 Å². The topological polar surface area (TPSA) is 51.6 Å². The van der Waals surface area contributed by atoms with E-state index < -0.39 is 0 Å². The number of hydrogen-bond donors (Lipinski definition) is 2. The minimum absolute atomic E-state index is 0.451. The summed E-state index contributed by atoms with van der Waals surface area (Å²) >= 11 is 3.34. The van der Waals surface area contributed by atoms with Gasteiger partial charge in [-0.15, -0.1) is 0 Å². The Labute approximate surface area is 74.1 Å². The fraction of sp³-hybridized carbons (Fsp3) is 0.125. The van der Waals surface area contributed by atoms with Crippen molar-refractivity contribution in [3.05, 3.63) is 34.3 Å². The molecule has 3 heteroatoms. The first-order valence-corrected chi connectivity index (χ1v) is 4.09. The van der Waals surface area contributed by atoms with E-state index in [-0.39, 0.29) is 0 Å². The van der Waals surface area contributed by atoms with Gasteiger partial charge in [0.05, 0.1) is 6.42 Å². The lowest BCUT2D eigenvalue weighted by atomic mass is 10.1. The second-order valence-electron chi connectivity index (χ2n) is 2.38. The van der Waals surface area contributed by atoms with Gasteiger partial charge in [0.2, 0.25) is 5.84 Å². The highest BCUT2D eigenvalue weighted by Gasteiger charge is 1.97. The first kappa shape index (κ1) is 8.27. The molecule has 11 heavy (non-hydrogen) atoms. The summed E-state index contributed by atoms with van der Waals surface area (Å²) in [5, 5.41) is 5.35.